The van der Waals surface area contributed by atoms with Crippen molar-refractivity contribution < 1.29 is 13.3 Å². The minimum absolute atomic E-state index is 0.0206. The summed E-state index contributed by atoms with van der Waals surface area (Å²) in [5.41, 5.74) is 0.188. The molecule has 1 heterocycles. The van der Waals surface area contributed by atoms with Gasteiger partial charge in [-0.25, -0.2) is 13.4 Å². The number of hydrogen-bond acceptors (Lipinski definition) is 5. The maximum Gasteiger partial charge on any atom is 0.269 e. The molecule has 0 aliphatic heterocycles. The van der Waals surface area contributed by atoms with E-state index in [1.165, 1.54) is 43.4 Å². The normalized spacial score (nSPS) is 11.1. The van der Waals surface area contributed by atoms with Gasteiger partial charge in [0.2, 0.25) is 0 Å². The van der Waals surface area contributed by atoms with Crippen molar-refractivity contribution >= 4 is 33.0 Å². The first-order chi connectivity index (χ1) is 9.82. The Morgan fingerprint density at radius 2 is 1.81 bits per heavy atom. The van der Waals surface area contributed by atoms with Crippen molar-refractivity contribution in [3.05, 3.63) is 57.9 Å². The number of pyridine rings is 1. The summed E-state index contributed by atoms with van der Waals surface area (Å²) in [4.78, 5) is 13.7. The first-order valence-corrected chi connectivity index (χ1v) is 7.49. The number of nitrogens with zero attached hydrogens (tertiary/aromatic N) is 3. The highest BCUT2D eigenvalue weighted by atomic mass is 35.5. The number of benzene rings is 1. The lowest BCUT2D eigenvalue weighted by atomic mass is 10.3. The standard InChI is InChI=1S/C12H10ClN3O4S/c1-15(9-2-4-10(5-3-9)16(17)18)21(19,20)11-6-7-12(13)14-8-11/h2-8H,1H3. The van der Waals surface area contributed by atoms with Crippen molar-refractivity contribution in [2.24, 2.45) is 0 Å². The van der Waals surface area contributed by atoms with Crippen LogP contribution >= 0.6 is 11.6 Å². The Labute approximate surface area is 126 Å². The highest BCUT2D eigenvalue weighted by Crippen LogP contribution is 2.24. The molecule has 1 aromatic carbocycles. The van der Waals surface area contributed by atoms with Gasteiger partial charge in [-0.1, -0.05) is 11.6 Å². The fourth-order valence-electron chi connectivity index (χ4n) is 1.60. The van der Waals surface area contributed by atoms with Gasteiger partial charge in [-0.15, -0.1) is 0 Å². The average Bonchev–Trinajstić information content (AvgIpc) is 2.47. The van der Waals surface area contributed by atoms with Crippen LogP contribution in [0.2, 0.25) is 5.15 Å². The van der Waals surface area contributed by atoms with Gasteiger partial charge in [0.05, 0.1) is 10.6 Å². The second-order valence-electron chi connectivity index (χ2n) is 4.06. The summed E-state index contributed by atoms with van der Waals surface area (Å²) in [7, 11) is -2.45. The molecule has 0 saturated carbocycles. The van der Waals surface area contributed by atoms with Crippen LogP contribution in [0.15, 0.2) is 47.5 Å². The van der Waals surface area contributed by atoms with Crippen molar-refractivity contribution in [1.82, 2.24) is 4.98 Å². The van der Waals surface area contributed by atoms with Gasteiger partial charge in [-0.3, -0.25) is 14.4 Å². The van der Waals surface area contributed by atoms with Crippen molar-refractivity contribution in [3.8, 4) is 0 Å². The molecule has 2 aromatic rings. The van der Waals surface area contributed by atoms with Gasteiger partial charge in [0.15, 0.2) is 0 Å². The Kier molecular flexibility index (Phi) is 4.10. The first-order valence-electron chi connectivity index (χ1n) is 5.67. The molecule has 0 bridgehead atoms. The molecule has 0 fully saturated rings. The lowest BCUT2D eigenvalue weighted by Crippen LogP contribution is -2.26. The molecular formula is C12H10ClN3O4S. The molecular weight excluding hydrogens is 318 g/mol. The third-order valence-corrected chi connectivity index (χ3v) is 4.78. The number of sulfonamides is 1. The fourth-order valence-corrected chi connectivity index (χ4v) is 2.85. The van der Waals surface area contributed by atoms with Gasteiger partial charge in [0, 0.05) is 25.4 Å². The summed E-state index contributed by atoms with van der Waals surface area (Å²) < 4.78 is 25.8. The predicted octanol–water partition coefficient (Wildman–Crippen LogP) is 2.47. The van der Waals surface area contributed by atoms with Crippen LogP contribution in [0.4, 0.5) is 11.4 Å². The number of hydrogen-bond donors (Lipinski definition) is 0. The molecule has 21 heavy (non-hydrogen) atoms. The summed E-state index contributed by atoms with van der Waals surface area (Å²) in [6.45, 7) is 0. The highest BCUT2D eigenvalue weighted by molar-refractivity contribution is 7.92. The zero-order valence-electron chi connectivity index (χ0n) is 10.8. The van der Waals surface area contributed by atoms with Crippen LogP contribution in [-0.4, -0.2) is 25.4 Å². The quantitative estimate of drug-likeness (QED) is 0.488. The monoisotopic (exact) mass is 327 g/mol. The van der Waals surface area contributed by atoms with Gasteiger partial charge >= 0.3 is 0 Å². The average molecular weight is 328 g/mol. The van der Waals surface area contributed by atoms with Gasteiger partial charge in [-0.2, -0.15) is 0 Å². The Hall–Kier alpha value is -2.19. The van der Waals surface area contributed by atoms with E-state index in [1.54, 1.807) is 0 Å². The topological polar surface area (TPSA) is 93.4 Å². The second kappa shape index (κ2) is 5.66. The van der Waals surface area contributed by atoms with Gasteiger partial charge < -0.3 is 0 Å². The van der Waals surface area contributed by atoms with E-state index in [1.807, 2.05) is 0 Å². The lowest BCUT2D eigenvalue weighted by Gasteiger charge is -2.19. The summed E-state index contributed by atoms with van der Waals surface area (Å²) in [6, 6.07) is 7.91. The Bertz CT molecular complexity index is 760. The van der Waals surface area contributed by atoms with E-state index in [0.717, 1.165) is 10.5 Å². The van der Waals surface area contributed by atoms with E-state index >= 15 is 0 Å². The van der Waals surface area contributed by atoms with Crippen LogP contribution < -0.4 is 4.31 Å². The minimum Gasteiger partial charge on any atom is -0.269 e. The number of rotatable bonds is 4. The molecule has 0 spiro atoms. The van der Waals surface area contributed by atoms with Crippen molar-refractivity contribution in [3.63, 3.8) is 0 Å². The van der Waals surface area contributed by atoms with Crippen molar-refractivity contribution in [2.75, 3.05) is 11.4 Å². The van der Waals surface area contributed by atoms with Gasteiger partial charge in [0.25, 0.3) is 15.7 Å². The van der Waals surface area contributed by atoms with Gasteiger partial charge in [-0.05, 0) is 24.3 Å². The molecule has 0 amide bonds. The summed E-state index contributed by atoms with van der Waals surface area (Å²) in [5, 5.41) is 10.8. The second-order valence-corrected chi connectivity index (χ2v) is 6.42. The lowest BCUT2D eigenvalue weighted by molar-refractivity contribution is -0.384. The third kappa shape index (κ3) is 3.11. The number of anilines is 1. The van der Waals surface area contributed by atoms with Crippen molar-refractivity contribution in [2.45, 2.75) is 4.90 Å². The third-order valence-electron chi connectivity index (χ3n) is 2.78. The fraction of sp³-hybridized carbons (Fsp3) is 0.0833. The van der Waals surface area contributed by atoms with Crippen LogP contribution in [0, 0.1) is 10.1 Å². The largest absolute Gasteiger partial charge is 0.269 e. The maximum atomic E-state index is 12.4. The molecule has 9 heteroatoms. The Morgan fingerprint density at radius 1 is 1.19 bits per heavy atom. The summed E-state index contributed by atoms with van der Waals surface area (Å²) in [5.74, 6) is 0. The molecule has 1 aromatic heterocycles. The zero-order chi connectivity index (χ0) is 15.6. The molecule has 0 radical (unpaired) electrons. The molecule has 7 nitrogen and oxygen atoms in total. The number of non-ortho nitro benzene ring substituents is 1. The first kappa shape index (κ1) is 15.2. The molecule has 2 rings (SSSR count). The van der Waals surface area contributed by atoms with Crippen LogP contribution in [0.1, 0.15) is 0 Å². The minimum atomic E-state index is -3.80. The summed E-state index contributed by atoms with van der Waals surface area (Å²) >= 11 is 5.62. The van der Waals surface area contributed by atoms with Crippen LogP contribution in [0.5, 0.6) is 0 Å². The van der Waals surface area contributed by atoms with Crippen LogP contribution in [0.3, 0.4) is 0 Å². The van der Waals surface area contributed by atoms with E-state index < -0.39 is 14.9 Å². The van der Waals surface area contributed by atoms with E-state index in [9.17, 15) is 18.5 Å². The molecule has 0 atom stereocenters. The Morgan fingerprint density at radius 3 is 2.29 bits per heavy atom. The predicted molar refractivity (Wildman–Crippen MR) is 77.9 cm³/mol. The molecule has 110 valence electrons. The molecule has 0 unspecified atom stereocenters. The number of nitro groups is 1. The Balaban J connectivity index is 2.35. The molecule has 0 aliphatic rings. The number of aromatic nitrogens is 1. The van der Waals surface area contributed by atoms with Crippen LogP contribution in [-0.2, 0) is 10.0 Å². The van der Waals surface area contributed by atoms with E-state index in [0.29, 0.717) is 5.69 Å². The summed E-state index contributed by atoms with van der Waals surface area (Å²) in [6.07, 6.45) is 1.15. The number of nitro benzene ring substituents is 1. The van der Waals surface area contributed by atoms with E-state index in [4.69, 9.17) is 11.6 Å². The van der Waals surface area contributed by atoms with Gasteiger partial charge in [0.1, 0.15) is 10.0 Å². The molecule has 0 aliphatic carbocycles. The van der Waals surface area contributed by atoms with Crippen LogP contribution in [0.25, 0.3) is 0 Å². The van der Waals surface area contributed by atoms with E-state index in [2.05, 4.69) is 4.98 Å². The smallest absolute Gasteiger partial charge is 0.269 e. The highest BCUT2D eigenvalue weighted by Gasteiger charge is 2.22. The number of halogens is 1. The molecule has 0 N–H and O–H groups in total. The SMILES string of the molecule is CN(c1ccc([N+](=O)[O-])cc1)S(=O)(=O)c1ccc(Cl)nc1. The van der Waals surface area contributed by atoms with Crippen molar-refractivity contribution in [1.29, 1.82) is 0 Å². The molecule has 0 saturated heterocycles. The zero-order valence-corrected chi connectivity index (χ0v) is 12.4. The maximum absolute atomic E-state index is 12.4. The van der Waals surface area contributed by atoms with E-state index in [-0.39, 0.29) is 15.7 Å².